The lowest BCUT2D eigenvalue weighted by Gasteiger charge is -2.05. The number of nitrogens with zero attached hydrogens (tertiary/aromatic N) is 1. The normalized spacial score (nSPS) is 18.1. The van der Waals surface area contributed by atoms with Gasteiger partial charge in [-0.1, -0.05) is 6.07 Å². The first-order valence-electron chi connectivity index (χ1n) is 5.33. The SMILES string of the molecule is O=C(c1ccccn1)C1Cc2sccc2C1=O. The summed E-state index contributed by atoms with van der Waals surface area (Å²) in [6, 6.07) is 6.97. The second-order valence-electron chi connectivity index (χ2n) is 3.96. The van der Waals surface area contributed by atoms with Gasteiger partial charge in [-0.2, -0.15) is 0 Å². The number of hydrogen-bond donors (Lipinski definition) is 0. The van der Waals surface area contributed by atoms with Crippen LogP contribution in [0.5, 0.6) is 0 Å². The van der Waals surface area contributed by atoms with Gasteiger partial charge in [0.2, 0.25) is 0 Å². The summed E-state index contributed by atoms with van der Waals surface area (Å²) >= 11 is 1.54. The van der Waals surface area contributed by atoms with Gasteiger partial charge in [-0.3, -0.25) is 14.6 Å². The molecule has 17 heavy (non-hydrogen) atoms. The number of aromatic nitrogens is 1. The first-order chi connectivity index (χ1) is 8.27. The quantitative estimate of drug-likeness (QED) is 0.601. The summed E-state index contributed by atoms with van der Waals surface area (Å²) in [6.07, 6.45) is 2.10. The molecule has 4 heteroatoms. The molecule has 3 nitrogen and oxygen atoms in total. The zero-order chi connectivity index (χ0) is 11.8. The standard InChI is InChI=1S/C13H9NO2S/c15-12-8-4-6-17-11(8)7-9(12)13(16)10-3-1-2-5-14-10/h1-6,9H,7H2. The highest BCUT2D eigenvalue weighted by molar-refractivity contribution is 7.10. The molecule has 1 aliphatic rings. The van der Waals surface area contributed by atoms with Gasteiger partial charge in [0.1, 0.15) is 5.69 Å². The molecule has 2 aromatic heterocycles. The van der Waals surface area contributed by atoms with E-state index >= 15 is 0 Å². The second-order valence-corrected chi connectivity index (χ2v) is 4.96. The number of carbonyl (C=O) groups is 2. The minimum atomic E-state index is -0.563. The van der Waals surface area contributed by atoms with Crippen LogP contribution in [0.15, 0.2) is 35.8 Å². The van der Waals surface area contributed by atoms with Gasteiger partial charge in [-0.25, -0.2) is 0 Å². The Hall–Kier alpha value is -1.81. The lowest BCUT2D eigenvalue weighted by atomic mass is 9.97. The average molecular weight is 243 g/mol. The fourth-order valence-electron chi connectivity index (χ4n) is 2.08. The molecular formula is C13H9NO2S. The van der Waals surface area contributed by atoms with Crippen LogP contribution in [0.4, 0.5) is 0 Å². The summed E-state index contributed by atoms with van der Waals surface area (Å²) in [5.74, 6) is -0.789. The zero-order valence-corrected chi connectivity index (χ0v) is 9.74. The van der Waals surface area contributed by atoms with E-state index in [1.54, 1.807) is 30.5 Å². The molecule has 0 aromatic carbocycles. The highest BCUT2D eigenvalue weighted by Gasteiger charge is 2.37. The average Bonchev–Trinajstić information content (AvgIpc) is 2.93. The smallest absolute Gasteiger partial charge is 0.192 e. The van der Waals surface area contributed by atoms with Crippen molar-refractivity contribution in [2.24, 2.45) is 5.92 Å². The number of carbonyl (C=O) groups excluding carboxylic acids is 2. The van der Waals surface area contributed by atoms with Gasteiger partial charge in [0.15, 0.2) is 11.6 Å². The predicted molar refractivity (Wildman–Crippen MR) is 64.4 cm³/mol. The minimum Gasteiger partial charge on any atom is -0.293 e. The van der Waals surface area contributed by atoms with Crippen LogP contribution in [0.25, 0.3) is 0 Å². The van der Waals surface area contributed by atoms with E-state index in [0.29, 0.717) is 17.7 Å². The van der Waals surface area contributed by atoms with Crippen molar-refractivity contribution in [1.82, 2.24) is 4.98 Å². The van der Waals surface area contributed by atoms with Crippen LogP contribution >= 0.6 is 11.3 Å². The van der Waals surface area contributed by atoms with E-state index in [-0.39, 0.29) is 11.6 Å². The molecule has 3 rings (SSSR count). The molecule has 1 aliphatic carbocycles. The molecule has 0 N–H and O–H groups in total. The number of fused-ring (bicyclic) bond motifs is 1. The number of pyridine rings is 1. The van der Waals surface area contributed by atoms with Crippen molar-refractivity contribution in [3.63, 3.8) is 0 Å². The Morgan fingerprint density at radius 1 is 1.35 bits per heavy atom. The Morgan fingerprint density at radius 3 is 2.94 bits per heavy atom. The Balaban J connectivity index is 1.91. The fraction of sp³-hybridized carbons (Fsp3) is 0.154. The maximum absolute atomic E-state index is 12.1. The topological polar surface area (TPSA) is 47.0 Å². The monoisotopic (exact) mass is 243 g/mol. The second kappa shape index (κ2) is 3.89. The Morgan fingerprint density at radius 2 is 2.24 bits per heavy atom. The van der Waals surface area contributed by atoms with E-state index < -0.39 is 5.92 Å². The van der Waals surface area contributed by atoms with E-state index in [1.807, 2.05) is 5.38 Å². The molecule has 0 amide bonds. The summed E-state index contributed by atoms with van der Waals surface area (Å²) in [6.45, 7) is 0. The van der Waals surface area contributed by atoms with E-state index in [2.05, 4.69) is 4.98 Å². The third-order valence-corrected chi connectivity index (χ3v) is 3.89. The van der Waals surface area contributed by atoms with Crippen molar-refractivity contribution in [2.45, 2.75) is 6.42 Å². The van der Waals surface area contributed by atoms with Crippen LogP contribution in [-0.4, -0.2) is 16.6 Å². The summed E-state index contributed by atoms with van der Waals surface area (Å²) in [7, 11) is 0. The molecule has 0 spiro atoms. The number of hydrogen-bond acceptors (Lipinski definition) is 4. The maximum atomic E-state index is 12.1. The molecule has 2 heterocycles. The van der Waals surface area contributed by atoms with Gasteiger partial charge in [0.05, 0.1) is 5.92 Å². The molecule has 0 bridgehead atoms. The van der Waals surface area contributed by atoms with Crippen molar-refractivity contribution in [2.75, 3.05) is 0 Å². The summed E-state index contributed by atoms with van der Waals surface area (Å²) in [5, 5.41) is 1.89. The highest BCUT2D eigenvalue weighted by Crippen LogP contribution is 2.32. The Labute approximate surface area is 102 Å². The molecule has 0 saturated heterocycles. The van der Waals surface area contributed by atoms with Crippen LogP contribution in [0.2, 0.25) is 0 Å². The van der Waals surface area contributed by atoms with Crippen molar-refractivity contribution >= 4 is 22.9 Å². The number of Topliss-reactive ketones (excluding diaryl/α,β-unsaturated/α-hetero) is 2. The minimum absolute atomic E-state index is 0.0584. The highest BCUT2D eigenvalue weighted by atomic mass is 32.1. The van der Waals surface area contributed by atoms with Crippen molar-refractivity contribution in [3.05, 3.63) is 52.0 Å². The third-order valence-electron chi connectivity index (χ3n) is 2.95. The van der Waals surface area contributed by atoms with E-state index in [4.69, 9.17) is 0 Å². The van der Waals surface area contributed by atoms with Gasteiger partial charge in [0, 0.05) is 16.6 Å². The molecule has 84 valence electrons. The summed E-state index contributed by atoms with van der Waals surface area (Å²) < 4.78 is 0. The largest absolute Gasteiger partial charge is 0.293 e. The maximum Gasteiger partial charge on any atom is 0.192 e. The Bertz CT molecular complexity index is 588. The Kier molecular flexibility index (Phi) is 2.37. The number of rotatable bonds is 2. The van der Waals surface area contributed by atoms with Crippen LogP contribution < -0.4 is 0 Å². The van der Waals surface area contributed by atoms with Gasteiger partial charge in [-0.05, 0) is 30.0 Å². The molecule has 1 atom stereocenters. The zero-order valence-electron chi connectivity index (χ0n) is 8.92. The molecule has 0 fully saturated rings. The van der Waals surface area contributed by atoms with Crippen molar-refractivity contribution in [3.8, 4) is 0 Å². The van der Waals surface area contributed by atoms with Gasteiger partial charge in [0.25, 0.3) is 0 Å². The van der Waals surface area contributed by atoms with Gasteiger partial charge in [-0.15, -0.1) is 11.3 Å². The molecular weight excluding hydrogens is 234 g/mol. The first kappa shape index (κ1) is 10.4. The van der Waals surface area contributed by atoms with E-state index in [1.165, 1.54) is 11.3 Å². The van der Waals surface area contributed by atoms with Crippen LogP contribution in [0.1, 0.15) is 25.7 Å². The van der Waals surface area contributed by atoms with Gasteiger partial charge < -0.3 is 0 Å². The lowest BCUT2D eigenvalue weighted by molar-refractivity contribution is 0.0819. The van der Waals surface area contributed by atoms with Gasteiger partial charge >= 0.3 is 0 Å². The molecule has 0 saturated carbocycles. The van der Waals surface area contributed by atoms with Crippen molar-refractivity contribution in [1.29, 1.82) is 0 Å². The summed E-state index contributed by atoms with van der Waals surface area (Å²) in [5.41, 5.74) is 1.09. The summed E-state index contributed by atoms with van der Waals surface area (Å²) in [4.78, 5) is 29.2. The van der Waals surface area contributed by atoms with Crippen molar-refractivity contribution < 1.29 is 9.59 Å². The third kappa shape index (κ3) is 1.61. The molecule has 0 aliphatic heterocycles. The van der Waals surface area contributed by atoms with E-state index in [9.17, 15) is 9.59 Å². The lowest BCUT2D eigenvalue weighted by Crippen LogP contribution is -2.21. The van der Waals surface area contributed by atoms with Crippen LogP contribution in [0, 0.1) is 5.92 Å². The van der Waals surface area contributed by atoms with E-state index in [0.717, 1.165) is 4.88 Å². The predicted octanol–water partition coefficient (Wildman–Crippen LogP) is 2.38. The molecule has 0 radical (unpaired) electrons. The molecule has 2 aromatic rings. The number of ketones is 2. The molecule has 1 unspecified atom stereocenters. The fourth-order valence-corrected chi connectivity index (χ4v) is 3.01. The first-order valence-corrected chi connectivity index (χ1v) is 6.21. The number of thiophene rings is 1. The van der Waals surface area contributed by atoms with Crippen LogP contribution in [0.3, 0.4) is 0 Å². The van der Waals surface area contributed by atoms with Crippen LogP contribution in [-0.2, 0) is 6.42 Å².